The third-order valence-corrected chi connectivity index (χ3v) is 4.37. The van der Waals surface area contributed by atoms with Crippen LogP contribution in [-0.4, -0.2) is 32.4 Å². The van der Waals surface area contributed by atoms with E-state index in [0.29, 0.717) is 11.2 Å². The summed E-state index contributed by atoms with van der Waals surface area (Å²) < 4.78 is 5.28. The van der Waals surface area contributed by atoms with Crippen LogP contribution in [0.1, 0.15) is 11.1 Å². The quantitative estimate of drug-likeness (QED) is 0.591. The molecule has 2 aromatic heterocycles. The molecule has 130 valence electrons. The minimum absolute atomic E-state index is 0.00842. The maximum atomic E-state index is 9.35. The van der Waals surface area contributed by atoms with E-state index in [9.17, 15) is 5.11 Å². The van der Waals surface area contributed by atoms with Crippen molar-refractivity contribution in [3.8, 4) is 28.3 Å². The second kappa shape index (κ2) is 6.57. The average molecular weight is 346 g/mol. The van der Waals surface area contributed by atoms with Crippen LogP contribution in [-0.2, 0) is 6.61 Å². The second-order valence-corrected chi connectivity index (χ2v) is 6.07. The Balaban J connectivity index is 1.85. The van der Waals surface area contributed by atoms with Gasteiger partial charge in [-0.15, -0.1) is 0 Å². The van der Waals surface area contributed by atoms with E-state index < -0.39 is 0 Å². The van der Waals surface area contributed by atoms with Crippen molar-refractivity contribution < 1.29 is 9.84 Å². The van der Waals surface area contributed by atoms with E-state index in [2.05, 4.69) is 15.2 Å². The fourth-order valence-corrected chi connectivity index (χ4v) is 2.99. The summed E-state index contributed by atoms with van der Waals surface area (Å²) in [4.78, 5) is 9.20. The minimum atomic E-state index is -0.00842. The Morgan fingerprint density at radius 3 is 2.81 bits per heavy atom. The second-order valence-electron chi connectivity index (χ2n) is 6.07. The van der Waals surface area contributed by atoms with Crippen molar-refractivity contribution in [3.05, 3.63) is 59.8 Å². The molecule has 0 fully saturated rings. The van der Waals surface area contributed by atoms with Crippen molar-refractivity contribution in [3.63, 3.8) is 0 Å². The summed E-state index contributed by atoms with van der Waals surface area (Å²) in [5.74, 6) is 0.808. The molecule has 0 aliphatic heterocycles. The Morgan fingerprint density at radius 2 is 2.04 bits per heavy atom. The Kier molecular flexibility index (Phi) is 4.10. The third-order valence-electron chi connectivity index (χ3n) is 4.37. The lowest BCUT2D eigenvalue weighted by molar-refractivity contribution is 0.282. The molecule has 0 aliphatic rings. The summed E-state index contributed by atoms with van der Waals surface area (Å²) in [5, 5.41) is 16.7. The predicted molar refractivity (Wildman–Crippen MR) is 99.8 cm³/mol. The lowest BCUT2D eigenvalue weighted by atomic mass is 10.0. The highest BCUT2D eigenvalue weighted by atomic mass is 16.5. The monoisotopic (exact) mass is 346 g/mol. The van der Waals surface area contributed by atoms with E-state index in [4.69, 9.17) is 9.72 Å². The first kappa shape index (κ1) is 16.2. The lowest BCUT2D eigenvalue weighted by Gasteiger charge is -2.07. The van der Waals surface area contributed by atoms with E-state index in [0.717, 1.165) is 39.4 Å². The highest BCUT2D eigenvalue weighted by Crippen LogP contribution is 2.30. The van der Waals surface area contributed by atoms with Crippen LogP contribution in [0.2, 0.25) is 0 Å². The van der Waals surface area contributed by atoms with Crippen LogP contribution < -0.4 is 4.74 Å². The van der Waals surface area contributed by atoms with Gasteiger partial charge in [0.1, 0.15) is 11.3 Å². The van der Waals surface area contributed by atoms with Crippen molar-refractivity contribution in [1.29, 1.82) is 0 Å². The maximum Gasteiger partial charge on any atom is 0.200 e. The van der Waals surface area contributed by atoms with Gasteiger partial charge in [0, 0.05) is 11.1 Å². The average Bonchev–Trinajstić information content (AvgIpc) is 3.11. The van der Waals surface area contributed by atoms with Crippen molar-refractivity contribution in [2.45, 2.75) is 13.5 Å². The molecule has 4 rings (SSSR count). The molecular formula is C20H18N4O2. The normalized spacial score (nSPS) is 11.0. The molecule has 6 heteroatoms. The Morgan fingerprint density at radius 1 is 1.15 bits per heavy atom. The van der Waals surface area contributed by atoms with Gasteiger partial charge in [-0.05, 0) is 42.3 Å². The molecule has 0 amide bonds. The molecule has 0 aliphatic carbocycles. The molecule has 0 bridgehead atoms. The molecule has 0 saturated heterocycles. The zero-order valence-corrected chi connectivity index (χ0v) is 14.5. The number of rotatable bonds is 4. The molecule has 0 radical (unpaired) electrons. The first-order valence-electron chi connectivity index (χ1n) is 8.26. The Labute approximate surface area is 150 Å². The van der Waals surface area contributed by atoms with Crippen molar-refractivity contribution in [1.82, 2.24) is 20.2 Å². The van der Waals surface area contributed by atoms with Gasteiger partial charge in [-0.2, -0.15) is 5.10 Å². The zero-order valence-electron chi connectivity index (χ0n) is 14.5. The number of aliphatic hydroxyl groups excluding tert-OH is 1. The van der Waals surface area contributed by atoms with E-state index in [-0.39, 0.29) is 6.61 Å². The molecule has 2 heterocycles. The van der Waals surface area contributed by atoms with Crippen LogP contribution in [0, 0.1) is 6.92 Å². The van der Waals surface area contributed by atoms with Gasteiger partial charge in [-0.25, -0.2) is 9.97 Å². The summed E-state index contributed by atoms with van der Waals surface area (Å²) in [6, 6.07) is 13.5. The van der Waals surface area contributed by atoms with Crippen LogP contribution in [0.15, 0.2) is 48.7 Å². The number of aliphatic hydroxyl groups is 1. The van der Waals surface area contributed by atoms with Gasteiger partial charge in [0.25, 0.3) is 0 Å². The number of aromatic amines is 1. The number of hydrogen-bond donors (Lipinski definition) is 2. The standard InChI is InChI=1S/C20H18N4O2/c1-12-8-15(26-2)6-7-16(12)18-19-20(24-23-18)21-10-17(22-19)14-5-3-4-13(9-14)11-25/h3-10,25H,11H2,1-2H3,(H,21,23,24). The van der Waals surface area contributed by atoms with Gasteiger partial charge in [0.15, 0.2) is 5.65 Å². The number of H-pyrrole nitrogens is 1. The smallest absolute Gasteiger partial charge is 0.200 e. The van der Waals surface area contributed by atoms with Gasteiger partial charge < -0.3 is 9.84 Å². The van der Waals surface area contributed by atoms with Crippen molar-refractivity contribution in [2.75, 3.05) is 7.11 Å². The van der Waals surface area contributed by atoms with Gasteiger partial charge in [0.05, 0.1) is 31.3 Å². The highest BCUT2D eigenvalue weighted by molar-refractivity contribution is 5.89. The van der Waals surface area contributed by atoms with E-state index in [1.54, 1.807) is 13.3 Å². The predicted octanol–water partition coefficient (Wildman–Crippen LogP) is 3.50. The number of nitrogens with zero attached hydrogens (tertiary/aromatic N) is 3. The zero-order chi connectivity index (χ0) is 18.1. The molecule has 6 nitrogen and oxygen atoms in total. The molecular weight excluding hydrogens is 328 g/mol. The first-order chi connectivity index (χ1) is 12.7. The van der Waals surface area contributed by atoms with Crippen LogP contribution >= 0.6 is 0 Å². The largest absolute Gasteiger partial charge is 0.497 e. The van der Waals surface area contributed by atoms with Gasteiger partial charge in [0.2, 0.25) is 0 Å². The van der Waals surface area contributed by atoms with Crippen molar-refractivity contribution >= 4 is 11.2 Å². The summed E-state index contributed by atoms with van der Waals surface area (Å²) in [6.45, 7) is 2.01. The number of benzene rings is 2. The summed E-state index contributed by atoms with van der Waals surface area (Å²) >= 11 is 0. The third kappa shape index (κ3) is 2.80. The number of ether oxygens (including phenoxy) is 1. The Bertz CT molecular complexity index is 1090. The first-order valence-corrected chi connectivity index (χ1v) is 8.26. The number of hydrogen-bond acceptors (Lipinski definition) is 5. The lowest BCUT2D eigenvalue weighted by Crippen LogP contribution is -1.91. The van der Waals surface area contributed by atoms with E-state index in [1.807, 2.05) is 49.4 Å². The fourth-order valence-electron chi connectivity index (χ4n) is 2.99. The number of fused-ring (bicyclic) bond motifs is 1. The van der Waals surface area contributed by atoms with E-state index in [1.165, 1.54) is 0 Å². The molecule has 0 saturated carbocycles. The van der Waals surface area contributed by atoms with Crippen LogP contribution in [0.3, 0.4) is 0 Å². The summed E-state index contributed by atoms with van der Waals surface area (Å²) in [6.07, 6.45) is 1.70. The van der Waals surface area contributed by atoms with Crippen LogP contribution in [0.5, 0.6) is 5.75 Å². The summed E-state index contributed by atoms with van der Waals surface area (Å²) in [7, 11) is 1.65. The molecule has 0 spiro atoms. The van der Waals surface area contributed by atoms with Crippen LogP contribution in [0.25, 0.3) is 33.7 Å². The molecule has 4 aromatic rings. The number of aromatic nitrogens is 4. The van der Waals surface area contributed by atoms with Crippen molar-refractivity contribution in [2.24, 2.45) is 0 Å². The topological polar surface area (TPSA) is 83.9 Å². The molecule has 0 unspecified atom stereocenters. The molecule has 2 aromatic carbocycles. The van der Waals surface area contributed by atoms with Gasteiger partial charge in [-0.1, -0.05) is 18.2 Å². The van der Waals surface area contributed by atoms with Gasteiger partial charge >= 0.3 is 0 Å². The SMILES string of the molecule is COc1ccc(-c2[nH]nc3ncc(-c4cccc(CO)c4)nc23)c(C)c1. The minimum Gasteiger partial charge on any atom is -0.497 e. The van der Waals surface area contributed by atoms with Gasteiger partial charge in [-0.3, -0.25) is 5.10 Å². The number of nitrogens with one attached hydrogen (secondary N) is 1. The molecule has 2 N–H and O–H groups in total. The molecule has 26 heavy (non-hydrogen) atoms. The summed E-state index contributed by atoms with van der Waals surface area (Å²) in [5.41, 5.74) is 6.65. The number of methoxy groups -OCH3 is 1. The fraction of sp³-hybridized carbons (Fsp3) is 0.150. The van der Waals surface area contributed by atoms with E-state index >= 15 is 0 Å². The Hall–Kier alpha value is -3.25. The number of aryl methyl sites for hydroxylation is 1. The maximum absolute atomic E-state index is 9.35. The molecule has 0 atom stereocenters. The highest BCUT2D eigenvalue weighted by Gasteiger charge is 2.14. The van der Waals surface area contributed by atoms with Crippen LogP contribution in [0.4, 0.5) is 0 Å².